The first-order chi connectivity index (χ1) is 13.6. The zero-order valence-electron chi connectivity index (χ0n) is 14.9. The smallest absolute Gasteiger partial charge is 0.338 e. The maximum absolute atomic E-state index is 12.3. The van der Waals surface area contributed by atoms with Crippen molar-refractivity contribution >= 4 is 50.7 Å². The summed E-state index contributed by atoms with van der Waals surface area (Å²) in [6.45, 7) is 1.50. The number of esters is 1. The molecule has 1 aromatic carbocycles. The highest BCUT2D eigenvalue weighted by molar-refractivity contribution is 7.16. The van der Waals surface area contributed by atoms with Gasteiger partial charge < -0.3 is 14.5 Å². The van der Waals surface area contributed by atoms with Gasteiger partial charge in [0.15, 0.2) is 6.61 Å². The van der Waals surface area contributed by atoms with Crippen LogP contribution in [0.5, 0.6) is 0 Å². The van der Waals surface area contributed by atoms with Gasteiger partial charge in [0.05, 0.1) is 26.2 Å². The van der Waals surface area contributed by atoms with Crippen molar-refractivity contribution in [2.45, 2.75) is 0 Å². The number of carbonyl (C=O) groups is 3. The maximum atomic E-state index is 12.3. The molecule has 0 bridgehead atoms. The summed E-state index contributed by atoms with van der Waals surface area (Å²) in [5.41, 5.74) is 2.94. The summed E-state index contributed by atoms with van der Waals surface area (Å²) in [6, 6.07) is 8.76. The Morgan fingerprint density at radius 1 is 1.04 bits per heavy atom. The van der Waals surface area contributed by atoms with E-state index in [4.69, 9.17) is 4.74 Å². The van der Waals surface area contributed by atoms with E-state index in [1.807, 2.05) is 11.4 Å². The summed E-state index contributed by atoms with van der Waals surface area (Å²) in [5.74, 6) is -0.794. The molecular weight excluding hydrogens is 398 g/mol. The number of fused-ring (bicyclic) bond motifs is 1. The number of amides is 2. The number of thiazole rings is 1. The Balaban J connectivity index is 1.27. The number of carbonyl (C=O) groups excluding carboxylic acids is 3. The fraction of sp³-hybridized carbons (Fsp3) is 0.263. The predicted molar refractivity (Wildman–Crippen MR) is 107 cm³/mol. The summed E-state index contributed by atoms with van der Waals surface area (Å²) in [5, 5.41) is 1.87. The number of hydrogen-bond acceptors (Lipinski definition) is 7. The highest BCUT2D eigenvalue weighted by Gasteiger charge is 2.26. The van der Waals surface area contributed by atoms with Crippen LogP contribution >= 0.6 is 22.7 Å². The molecule has 0 spiro atoms. The Labute approximate surface area is 169 Å². The largest absolute Gasteiger partial charge is 0.452 e. The van der Waals surface area contributed by atoms with Crippen molar-refractivity contribution in [2.75, 3.05) is 32.8 Å². The number of benzene rings is 1. The fourth-order valence-electron chi connectivity index (χ4n) is 3.00. The van der Waals surface area contributed by atoms with Gasteiger partial charge in [-0.3, -0.25) is 9.59 Å². The molecule has 2 aromatic heterocycles. The monoisotopic (exact) mass is 415 g/mol. The first-order valence-electron chi connectivity index (χ1n) is 8.73. The van der Waals surface area contributed by atoms with Crippen molar-refractivity contribution in [3.63, 3.8) is 0 Å². The molecule has 7 nitrogen and oxygen atoms in total. The second-order valence-corrected chi connectivity index (χ2v) is 8.10. The van der Waals surface area contributed by atoms with Crippen molar-refractivity contribution in [1.29, 1.82) is 0 Å². The maximum Gasteiger partial charge on any atom is 0.338 e. The molecule has 1 aliphatic heterocycles. The molecule has 0 N–H and O–H groups in total. The van der Waals surface area contributed by atoms with Crippen LogP contribution in [0.4, 0.5) is 0 Å². The molecule has 1 fully saturated rings. The number of rotatable bonds is 4. The molecule has 0 aliphatic carbocycles. The summed E-state index contributed by atoms with van der Waals surface area (Å²) in [6.07, 6.45) is 0. The van der Waals surface area contributed by atoms with E-state index in [9.17, 15) is 14.4 Å². The lowest BCUT2D eigenvalue weighted by Gasteiger charge is -2.34. The Kier molecular flexibility index (Phi) is 5.36. The van der Waals surface area contributed by atoms with Gasteiger partial charge >= 0.3 is 5.97 Å². The second kappa shape index (κ2) is 8.07. The lowest BCUT2D eigenvalue weighted by Crippen LogP contribution is -2.51. The van der Waals surface area contributed by atoms with Crippen LogP contribution in [0.25, 0.3) is 10.2 Å². The van der Waals surface area contributed by atoms with Gasteiger partial charge in [-0.2, -0.15) is 0 Å². The van der Waals surface area contributed by atoms with Crippen molar-refractivity contribution in [2.24, 2.45) is 0 Å². The van der Waals surface area contributed by atoms with Gasteiger partial charge in [0.2, 0.25) is 0 Å². The first kappa shape index (κ1) is 18.6. The van der Waals surface area contributed by atoms with Crippen LogP contribution in [-0.4, -0.2) is 65.4 Å². The van der Waals surface area contributed by atoms with Gasteiger partial charge in [0.1, 0.15) is 0 Å². The Morgan fingerprint density at radius 3 is 2.57 bits per heavy atom. The molecule has 4 rings (SSSR count). The molecule has 9 heteroatoms. The molecular formula is C19H17N3O4S2. The minimum absolute atomic E-state index is 0.00742. The lowest BCUT2D eigenvalue weighted by molar-refractivity contribution is -0.136. The topological polar surface area (TPSA) is 79.8 Å². The summed E-state index contributed by atoms with van der Waals surface area (Å²) >= 11 is 2.85. The number of nitrogens with zero attached hydrogens (tertiary/aromatic N) is 3. The minimum Gasteiger partial charge on any atom is -0.452 e. The van der Waals surface area contributed by atoms with E-state index in [-0.39, 0.29) is 18.4 Å². The van der Waals surface area contributed by atoms with E-state index in [0.29, 0.717) is 36.6 Å². The highest BCUT2D eigenvalue weighted by atomic mass is 32.1. The van der Waals surface area contributed by atoms with Crippen molar-refractivity contribution in [3.05, 3.63) is 51.7 Å². The number of thiophene rings is 1. The van der Waals surface area contributed by atoms with Crippen LogP contribution in [0, 0.1) is 0 Å². The predicted octanol–water partition coefficient (Wildman–Crippen LogP) is 2.50. The van der Waals surface area contributed by atoms with E-state index in [1.54, 1.807) is 39.6 Å². The van der Waals surface area contributed by atoms with Crippen LogP contribution < -0.4 is 0 Å². The Hall–Kier alpha value is -2.78. The lowest BCUT2D eigenvalue weighted by atomic mass is 10.2. The third-order valence-corrected chi connectivity index (χ3v) is 6.19. The number of aromatic nitrogens is 1. The van der Waals surface area contributed by atoms with Crippen molar-refractivity contribution in [1.82, 2.24) is 14.8 Å². The molecule has 0 saturated carbocycles. The van der Waals surface area contributed by atoms with Gasteiger partial charge in [-0.25, -0.2) is 9.78 Å². The average molecular weight is 415 g/mol. The normalized spacial score (nSPS) is 14.3. The summed E-state index contributed by atoms with van der Waals surface area (Å²) in [7, 11) is 0. The molecule has 0 atom stereocenters. The van der Waals surface area contributed by atoms with Gasteiger partial charge in [-0.1, -0.05) is 6.07 Å². The molecule has 1 aliphatic rings. The SMILES string of the molecule is O=C(OCC(=O)N1CCN(C(=O)c2cccs2)CC1)c1ccc2ncsc2c1. The molecule has 144 valence electrons. The van der Waals surface area contributed by atoms with Crippen LogP contribution in [-0.2, 0) is 9.53 Å². The quantitative estimate of drug-likeness (QED) is 0.612. The molecule has 1 saturated heterocycles. The van der Waals surface area contributed by atoms with Crippen LogP contribution in [0.2, 0.25) is 0 Å². The van der Waals surface area contributed by atoms with E-state index in [1.165, 1.54) is 22.7 Å². The third-order valence-electron chi connectivity index (χ3n) is 4.55. The number of hydrogen-bond donors (Lipinski definition) is 0. The Morgan fingerprint density at radius 2 is 1.82 bits per heavy atom. The minimum atomic E-state index is -0.532. The molecule has 2 amide bonds. The standard InChI is InChI=1S/C19H17N3O4S2/c23-17(11-26-19(25)13-3-4-14-16(10-13)28-12-20-14)21-5-7-22(8-6-21)18(24)15-2-1-9-27-15/h1-4,9-10,12H,5-8,11H2. The fourth-order valence-corrected chi connectivity index (χ4v) is 4.41. The molecule has 3 heterocycles. The van der Waals surface area contributed by atoms with Crippen LogP contribution in [0.1, 0.15) is 20.0 Å². The van der Waals surface area contributed by atoms with E-state index >= 15 is 0 Å². The van der Waals surface area contributed by atoms with Crippen molar-refractivity contribution in [3.8, 4) is 0 Å². The van der Waals surface area contributed by atoms with Gasteiger partial charge in [-0.05, 0) is 29.6 Å². The van der Waals surface area contributed by atoms with Crippen molar-refractivity contribution < 1.29 is 19.1 Å². The summed E-state index contributed by atoms with van der Waals surface area (Å²) < 4.78 is 6.07. The van der Waals surface area contributed by atoms with Gasteiger partial charge in [-0.15, -0.1) is 22.7 Å². The molecule has 3 aromatic rings. The van der Waals surface area contributed by atoms with E-state index in [0.717, 1.165) is 10.2 Å². The molecule has 0 radical (unpaired) electrons. The second-order valence-electron chi connectivity index (χ2n) is 6.26. The summed E-state index contributed by atoms with van der Waals surface area (Å²) in [4.78, 5) is 45.1. The molecule has 28 heavy (non-hydrogen) atoms. The number of piperazine rings is 1. The highest BCUT2D eigenvalue weighted by Crippen LogP contribution is 2.19. The number of ether oxygens (including phenoxy) is 1. The van der Waals surface area contributed by atoms with Gasteiger partial charge in [0.25, 0.3) is 11.8 Å². The molecule has 0 unspecified atom stereocenters. The first-order valence-corrected chi connectivity index (χ1v) is 10.5. The third kappa shape index (κ3) is 3.90. The Bertz CT molecular complexity index is 1010. The van der Waals surface area contributed by atoms with Gasteiger partial charge in [0, 0.05) is 26.2 Å². The van der Waals surface area contributed by atoms with E-state index < -0.39 is 5.97 Å². The van der Waals surface area contributed by atoms with Crippen LogP contribution in [0.3, 0.4) is 0 Å². The zero-order valence-corrected chi connectivity index (χ0v) is 16.5. The van der Waals surface area contributed by atoms with Crippen LogP contribution in [0.15, 0.2) is 41.2 Å². The zero-order chi connectivity index (χ0) is 19.5. The average Bonchev–Trinajstić information content (AvgIpc) is 3.42. The van der Waals surface area contributed by atoms with E-state index in [2.05, 4.69) is 4.98 Å².